The number of carbonyl (C=O) groups excluding carboxylic acids is 2. The molecule has 22 heavy (non-hydrogen) atoms. The Morgan fingerprint density at radius 2 is 1.41 bits per heavy atom. The van der Waals surface area contributed by atoms with E-state index in [-0.39, 0.29) is 12.8 Å². The normalized spacial score (nSPS) is 13.4. The number of ketones is 2. The third-order valence-corrected chi connectivity index (χ3v) is 3.46. The summed E-state index contributed by atoms with van der Waals surface area (Å²) in [5, 5.41) is 20.0. The second-order valence-electron chi connectivity index (χ2n) is 5.08. The zero-order chi connectivity index (χ0) is 15.9. The van der Waals surface area contributed by atoms with Gasteiger partial charge < -0.3 is 10.2 Å². The van der Waals surface area contributed by atoms with Crippen LogP contribution in [0.4, 0.5) is 0 Å². The number of hydrogen-bond donors (Lipinski definition) is 2. The molecule has 0 saturated heterocycles. The monoisotopic (exact) mass is 298 g/mol. The average molecular weight is 298 g/mol. The second kappa shape index (κ2) is 7.64. The van der Waals surface area contributed by atoms with Gasteiger partial charge in [0.25, 0.3) is 0 Å². The van der Waals surface area contributed by atoms with Crippen molar-refractivity contribution in [3.63, 3.8) is 0 Å². The van der Waals surface area contributed by atoms with Crippen LogP contribution in [0.3, 0.4) is 0 Å². The Morgan fingerprint density at radius 1 is 0.864 bits per heavy atom. The molecule has 2 unspecified atom stereocenters. The number of rotatable bonds is 7. The third-order valence-electron chi connectivity index (χ3n) is 3.46. The smallest absolute Gasteiger partial charge is 0.228 e. The summed E-state index contributed by atoms with van der Waals surface area (Å²) >= 11 is 0. The molecule has 0 spiro atoms. The first-order chi connectivity index (χ1) is 10.6. The molecular weight excluding hydrogens is 280 g/mol. The van der Waals surface area contributed by atoms with Gasteiger partial charge in [0.1, 0.15) is 6.10 Å². The SMILES string of the molecule is O=C(CCC(O)C(O)c1ccccc1)C(=O)c1ccccc1. The fourth-order valence-electron chi connectivity index (χ4n) is 2.17. The molecule has 0 amide bonds. The standard InChI is InChI=1S/C18H18O4/c19-15(17(21)13-7-3-1-4-8-13)11-12-16(20)18(22)14-9-5-2-6-10-14/h1-10,15,17,19,21H,11-12H2. The minimum Gasteiger partial charge on any atom is -0.390 e. The van der Waals surface area contributed by atoms with Crippen LogP contribution in [0.25, 0.3) is 0 Å². The second-order valence-corrected chi connectivity index (χ2v) is 5.08. The van der Waals surface area contributed by atoms with E-state index in [2.05, 4.69) is 0 Å². The van der Waals surface area contributed by atoms with E-state index in [1.165, 1.54) is 0 Å². The zero-order valence-corrected chi connectivity index (χ0v) is 12.1. The Morgan fingerprint density at radius 3 is 2.00 bits per heavy atom. The number of aliphatic hydroxyl groups is 2. The van der Waals surface area contributed by atoms with Crippen molar-refractivity contribution in [2.75, 3.05) is 0 Å². The minimum atomic E-state index is -1.09. The molecule has 0 bridgehead atoms. The van der Waals surface area contributed by atoms with Gasteiger partial charge in [-0.25, -0.2) is 0 Å². The van der Waals surface area contributed by atoms with Crippen LogP contribution in [0.5, 0.6) is 0 Å². The van der Waals surface area contributed by atoms with Gasteiger partial charge in [-0.15, -0.1) is 0 Å². The van der Waals surface area contributed by atoms with Crippen LogP contribution in [0.15, 0.2) is 60.7 Å². The highest BCUT2D eigenvalue weighted by atomic mass is 16.3. The molecule has 2 rings (SSSR count). The molecule has 0 saturated carbocycles. The maximum Gasteiger partial charge on any atom is 0.228 e. The van der Waals surface area contributed by atoms with Crippen molar-refractivity contribution in [2.24, 2.45) is 0 Å². The first-order valence-corrected chi connectivity index (χ1v) is 7.13. The minimum absolute atomic E-state index is 0.0352. The topological polar surface area (TPSA) is 74.6 Å². The lowest BCUT2D eigenvalue weighted by Crippen LogP contribution is -2.22. The van der Waals surface area contributed by atoms with Crippen LogP contribution in [0.2, 0.25) is 0 Å². The summed E-state index contributed by atoms with van der Waals surface area (Å²) in [7, 11) is 0. The first kappa shape index (κ1) is 16.1. The third kappa shape index (κ3) is 4.10. The van der Waals surface area contributed by atoms with Crippen molar-refractivity contribution in [3.8, 4) is 0 Å². The fourth-order valence-corrected chi connectivity index (χ4v) is 2.17. The molecule has 0 heterocycles. The first-order valence-electron chi connectivity index (χ1n) is 7.13. The van der Waals surface area contributed by atoms with Crippen LogP contribution in [0.1, 0.15) is 34.9 Å². The lowest BCUT2D eigenvalue weighted by atomic mass is 9.97. The molecule has 2 N–H and O–H groups in total. The predicted molar refractivity (Wildman–Crippen MR) is 82.4 cm³/mol. The van der Waals surface area contributed by atoms with E-state index in [9.17, 15) is 19.8 Å². The Bertz CT molecular complexity index is 622. The van der Waals surface area contributed by atoms with E-state index in [1.54, 1.807) is 54.6 Å². The molecular formula is C18H18O4. The molecule has 0 aromatic heterocycles. The summed E-state index contributed by atoms with van der Waals surface area (Å²) in [4.78, 5) is 23.8. The molecule has 0 radical (unpaired) electrons. The molecule has 0 aliphatic carbocycles. The summed E-state index contributed by atoms with van der Waals surface area (Å²) < 4.78 is 0. The molecule has 0 fully saturated rings. The molecule has 0 aliphatic rings. The van der Waals surface area contributed by atoms with Gasteiger partial charge in [0.15, 0.2) is 0 Å². The Kier molecular flexibility index (Phi) is 5.58. The van der Waals surface area contributed by atoms with E-state index >= 15 is 0 Å². The van der Waals surface area contributed by atoms with Crippen LogP contribution >= 0.6 is 0 Å². The number of hydrogen-bond acceptors (Lipinski definition) is 4. The average Bonchev–Trinajstić information content (AvgIpc) is 2.59. The van der Waals surface area contributed by atoms with Gasteiger partial charge in [-0.05, 0) is 12.0 Å². The van der Waals surface area contributed by atoms with E-state index in [4.69, 9.17) is 0 Å². The van der Waals surface area contributed by atoms with E-state index in [0.717, 1.165) is 0 Å². The van der Waals surface area contributed by atoms with Gasteiger partial charge in [-0.3, -0.25) is 9.59 Å². The van der Waals surface area contributed by atoms with Crippen LogP contribution in [-0.2, 0) is 4.79 Å². The predicted octanol–water partition coefficient (Wildman–Crippen LogP) is 2.31. The highest BCUT2D eigenvalue weighted by Gasteiger charge is 2.22. The van der Waals surface area contributed by atoms with Gasteiger partial charge in [0.05, 0.1) is 6.10 Å². The summed E-state index contributed by atoms with van der Waals surface area (Å²) in [5.41, 5.74) is 0.919. The van der Waals surface area contributed by atoms with Crippen molar-refractivity contribution in [2.45, 2.75) is 25.0 Å². The summed E-state index contributed by atoms with van der Waals surface area (Å²) in [6.45, 7) is 0. The van der Waals surface area contributed by atoms with Gasteiger partial charge in [-0.1, -0.05) is 60.7 Å². The van der Waals surface area contributed by atoms with Gasteiger partial charge in [0, 0.05) is 12.0 Å². The Balaban J connectivity index is 1.89. The maximum absolute atomic E-state index is 11.9. The molecule has 114 valence electrons. The van der Waals surface area contributed by atoms with E-state index < -0.39 is 23.8 Å². The molecule has 2 aromatic carbocycles. The molecule has 4 nitrogen and oxygen atoms in total. The lowest BCUT2D eigenvalue weighted by molar-refractivity contribution is -0.116. The molecule has 2 atom stereocenters. The van der Waals surface area contributed by atoms with Gasteiger partial charge in [0.2, 0.25) is 11.6 Å². The van der Waals surface area contributed by atoms with E-state index in [0.29, 0.717) is 11.1 Å². The summed E-state index contributed by atoms with van der Waals surface area (Å²) in [5.74, 6) is -1.13. The maximum atomic E-state index is 11.9. The molecule has 0 aliphatic heterocycles. The van der Waals surface area contributed by atoms with Crippen molar-refractivity contribution in [1.29, 1.82) is 0 Å². The Labute approximate surface area is 129 Å². The van der Waals surface area contributed by atoms with Gasteiger partial charge in [-0.2, -0.15) is 0 Å². The highest BCUT2D eigenvalue weighted by Crippen LogP contribution is 2.19. The highest BCUT2D eigenvalue weighted by molar-refractivity contribution is 6.43. The molecule has 4 heteroatoms. The largest absolute Gasteiger partial charge is 0.390 e. The number of aliphatic hydroxyl groups excluding tert-OH is 2. The lowest BCUT2D eigenvalue weighted by Gasteiger charge is -2.17. The quantitative estimate of drug-likeness (QED) is 0.607. The van der Waals surface area contributed by atoms with Crippen molar-refractivity contribution >= 4 is 11.6 Å². The van der Waals surface area contributed by atoms with Crippen LogP contribution < -0.4 is 0 Å². The van der Waals surface area contributed by atoms with E-state index in [1.807, 2.05) is 6.07 Å². The number of benzene rings is 2. The summed E-state index contributed by atoms with van der Waals surface area (Å²) in [6, 6.07) is 17.0. The van der Waals surface area contributed by atoms with Crippen molar-refractivity contribution in [3.05, 3.63) is 71.8 Å². The Hall–Kier alpha value is -2.30. The van der Waals surface area contributed by atoms with Crippen molar-refractivity contribution in [1.82, 2.24) is 0 Å². The zero-order valence-electron chi connectivity index (χ0n) is 12.1. The van der Waals surface area contributed by atoms with Crippen molar-refractivity contribution < 1.29 is 19.8 Å². The fraction of sp³-hybridized carbons (Fsp3) is 0.222. The van der Waals surface area contributed by atoms with Crippen LogP contribution in [0, 0.1) is 0 Å². The number of carbonyl (C=O) groups is 2. The van der Waals surface area contributed by atoms with Gasteiger partial charge >= 0.3 is 0 Å². The summed E-state index contributed by atoms with van der Waals surface area (Å²) in [6.07, 6.45) is -2.22. The van der Waals surface area contributed by atoms with Crippen LogP contribution in [-0.4, -0.2) is 27.9 Å². The molecule has 2 aromatic rings. The number of Topliss-reactive ketones (excluding diaryl/α,β-unsaturated/α-hetero) is 2.